The van der Waals surface area contributed by atoms with Crippen molar-refractivity contribution in [3.8, 4) is 23.0 Å². The van der Waals surface area contributed by atoms with Crippen LogP contribution in [0.5, 0.6) is 0 Å². The number of β-amino-alcohol motifs (C(OH)–C–C–N with tert-alkyl or cyclic N) is 1. The van der Waals surface area contributed by atoms with Gasteiger partial charge in [-0.3, -0.25) is 4.90 Å². The molecule has 1 aliphatic rings. The lowest BCUT2D eigenvalue weighted by molar-refractivity contribution is -0.0420. The van der Waals surface area contributed by atoms with Crippen LogP contribution in [0.1, 0.15) is 28.5 Å². The number of fused-ring (bicyclic) bond motifs is 1. The maximum Gasteiger partial charge on any atom is 0.179 e. The molecule has 4 N–H and O–H groups in total. The Morgan fingerprint density at radius 1 is 0.969 bits per heavy atom. The van der Waals surface area contributed by atoms with Gasteiger partial charge < -0.3 is 20.3 Å². The van der Waals surface area contributed by atoms with Gasteiger partial charge in [-0.25, -0.2) is 0 Å². The van der Waals surface area contributed by atoms with E-state index in [0.717, 1.165) is 52.8 Å². The molecule has 0 bridgehead atoms. The number of nitrogens with one attached hydrogen (secondary N) is 1. The van der Waals surface area contributed by atoms with Gasteiger partial charge in [0.15, 0.2) is 6.29 Å². The number of aliphatic hydroxyl groups excluding tert-OH is 2. The molecule has 5 rings (SSSR count). The van der Waals surface area contributed by atoms with E-state index in [1.54, 1.807) is 12.1 Å². The average Bonchev–Trinajstić information content (AvgIpc) is 3.25. The first-order chi connectivity index (χ1) is 15.6. The first-order valence-corrected chi connectivity index (χ1v) is 10.6. The number of aromatic amines is 1. The third kappa shape index (κ3) is 4.18. The fraction of sp³-hybridized carbons (Fsp3) is 0.185. The van der Waals surface area contributed by atoms with Gasteiger partial charge >= 0.3 is 0 Å². The highest BCUT2D eigenvalue weighted by atomic mass is 16.5. The minimum Gasteiger partial charge on any atom is -0.390 e. The van der Waals surface area contributed by atoms with E-state index in [1.165, 1.54) is 5.56 Å². The van der Waals surface area contributed by atoms with E-state index in [4.69, 9.17) is 0 Å². The van der Waals surface area contributed by atoms with Crippen molar-refractivity contribution in [2.75, 3.05) is 13.1 Å². The topological polar surface area (TPSA) is 79.7 Å². The molecule has 32 heavy (non-hydrogen) atoms. The number of nitrogens with zero attached hydrogens (tertiary/aromatic N) is 1. The second-order valence-electron chi connectivity index (χ2n) is 8.22. The third-order valence-corrected chi connectivity index (χ3v) is 5.86. The molecule has 0 unspecified atom stereocenters. The number of hydrogen-bond acceptors (Lipinski definition) is 4. The van der Waals surface area contributed by atoms with Gasteiger partial charge in [-0.2, -0.15) is 0 Å². The fourth-order valence-corrected chi connectivity index (χ4v) is 4.18. The summed E-state index contributed by atoms with van der Waals surface area (Å²) < 4.78 is 0. The summed E-state index contributed by atoms with van der Waals surface area (Å²) in [6.45, 7) is 2.28. The standard InChI is InChI=1S/C27H24N2O3/c30-23-16-29(17-23)15-19-6-4-18(5-7-19)8-9-21-2-1-3-24(27(31)32)26(21)22-11-10-20-12-13-28-25(20)14-22/h1-7,10-14,23,27-28,30-32H,15-17H2. The van der Waals surface area contributed by atoms with E-state index in [-0.39, 0.29) is 6.10 Å². The van der Waals surface area contributed by atoms with Crippen LogP contribution in [0.3, 0.4) is 0 Å². The Hall–Kier alpha value is -3.40. The van der Waals surface area contributed by atoms with Gasteiger partial charge in [0, 0.05) is 53.6 Å². The van der Waals surface area contributed by atoms with E-state index < -0.39 is 6.29 Å². The molecular formula is C27H24N2O3. The molecule has 1 aromatic heterocycles. The van der Waals surface area contributed by atoms with Crippen molar-refractivity contribution in [3.63, 3.8) is 0 Å². The second-order valence-corrected chi connectivity index (χ2v) is 8.22. The predicted octanol–water partition coefficient (Wildman–Crippen LogP) is 3.39. The Balaban J connectivity index is 1.46. The SMILES string of the molecule is OC1CN(Cc2ccc(C#Cc3cccc(C(O)O)c3-c3ccc4cc[nH]c4c3)cc2)C1. The first kappa shape index (κ1) is 20.5. The Labute approximate surface area is 186 Å². The van der Waals surface area contributed by atoms with Crippen molar-refractivity contribution in [1.82, 2.24) is 9.88 Å². The summed E-state index contributed by atoms with van der Waals surface area (Å²) in [7, 11) is 0. The smallest absolute Gasteiger partial charge is 0.179 e. The Morgan fingerprint density at radius 2 is 1.78 bits per heavy atom. The van der Waals surface area contributed by atoms with Gasteiger partial charge in [0.1, 0.15) is 0 Å². The molecule has 2 heterocycles. The van der Waals surface area contributed by atoms with Crippen molar-refractivity contribution >= 4 is 10.9 Å². The van der Waals surface area contributed by atoms with Crippen molar-refractivity contribution in [2.45, 2.75) is 18.9 Å². The number of hydrogen-bond donors (Lipinski definition) is 4. The predicted molar refractivity (Wildman–Crippen MR) is 125 cm³/mol. The normalized spacial score (nSPS) is 14.4. The molecule has 3 aromatic carbocycles. The molecule has 0 saturated carbocycles. The lowest BCUT2D eigenvalue weighted by Crippen LogP contribution is -2.49. The van der Waals surface area contributed by atoms with Gasteiger partial charge in [0.05, 0.1) is 6.10 Å². The minimum absolute atomic E-state index is 0.194. The van der Waals surface area contributed by atoms with E-state index in [2.05, 4.69) is 33.9 Å². The van der Waals surface area contributed by atoms with Gasteiger partial charge in [0.2, 0.25) is 0 Å². The van der Waals surface area contributed by atoms with E-state index in [9.17, 15) is 15.3 Å². The van der Waals surface area contributed by atoms with Gasteiger partial charge in [-0.15, -0.1) is 0 Å². The molecule has 0 spiro atoms. The van der Waals surface area contributed by atoms with E-state index in [1.807, 2.05) is 48.7 Å². The molecule has 160 valence electrons. The molecule has 4 aromatic rings. The Bertz CT molecular complexity index is 1310. The molecule has 5 heteroatoms. The van der Waals surface area contributed by atoms with Crippen molar-refractivity contribution < 1.29 is 15.3 Å². The number of aromatic nitrogens is 1. The highest BCUT2D eigenvalue weighted by Crippen LogP contribution is 2.32. The second kappa shape index (κ2) is 8.62. The summed E-state index contributed by atoms with van der Waals surface area (Å²) in [6, 6.07) is 21.5. The largest absolute Gasteiger partial charge is 0.390 e. The molecule has 0 aliphatic carbocycles. The number of likely N-dealkylation sites (tertiary alicyclic amines) is 1. The van der Waals surface area contributed by atoms with Gasteiger partial charge in [-0.1, -0.05) is 48.2 Å². The van der Waals surface area contributed by atoms with Crippen LogP contribution in [0, 0.1) is 11.8 Å². The summed E-state index contributed by atoms with van der Waals surface area (Å²) in [6.07, 6.45) is 0.0982. The zero-order valence-electron chi connectivity index (χ0n) is 17.5. The molecule has 5 nitrogen and oxygen atoms in total. The zero-order chi connectivity index (χ0) is 22.1. The highest BCUT2D eigenvalue weighted by Gasteiger charge is 2.23. The van der Waals surface area contributed by atoms with Crippen LogP contribution < -0.4 is 0 Å². The maximum atomic E-state index is 9.97. The summed E-state index contributed by atoms with van der Waals surface area (Å²) in [4.78, 5) is 5.41. The van der Waals surface area contributed by atoms with E-state index in [0.29, 0.717) is 5.56 Å². The van der Waals surface area contributed by atoms with Crippen LogP contribution in [0.4, 0.5) is 0 Å². The van der Waals surface area contributed by atoms with Crippen molar-refractivity contribution in [1.29, 1.82) is 0 Å². The van der Waals surface area contributed by atoms with Gasteiger partial charge in [0.25, 0.3) is 0 Å². The quantitative estimate of drug-likeness (QED) is 0.299. The first-order valence-electron chi connectivity index (χ1n) is 10.6. The fourth-order valence-electron chi connectivity index (χ4n) is 4.18. The number of benzene rings is 3. The van der Waals surface area contributed by atoms with E-state index >= 15 is 0 Å². The molecule has 1 aliphatic heterocycles. The molecule has 0 amide bonds. The molecule has 0 radical (unpaired) electrons. The van der Waals surface area contributed by atoms with Crippen molar-refractivity contribution in [2.24, 2.45) is 0 Å². The monoisotopic (exact) mass is 424 g/mol. The lowest BCUT2D eigenvalue weighted by Gasteiger charge is -2.35. The Kier molecular flexibility index (Phi) is 5.52. The lowest BCUT2D eigenvalue weighted by atomic mass is 9.93. The van der Waals surface area contributed by atoms with Crippen LogP contribution >= 0.6 is 0 Å². The van der Waals surface area contributed by atoms with Crippen LogP contribution in [0.15, 0.2) is 72.9 Å². The minimum atomic E-state index is -1.59. The summed E-state index contributed by atoms with van der Waals surface area (Å²) >= 11 is 0. The zero-order valence-corrected chi connectivity index (χ0v) is 17.5. The number of rotatable bonds is 4. The van der Waals surface area contributed by atoms with Crippen LogP contribution in [-0.2, 0) is 6.54 Å². The number of H-pyrrole nitrogens is 1. The molecule has 1 saturated heterocycles. The highest BCUT2D eigenvalue weighted by molar-refractivity contribution is 5.87. The molecule has 0 atom stereocenters. The molecule has 1 fully saturated rings. The summed E-state index contributed by atoms with van der Waals surface area (Å²) in [5.74, 6) is 6.44. The third-order valence-electron chi connectivity index (χ3n) is 5.86. The molecular weight excluding hydrogens is 400 g/mol. The number of aliphatic hydroxyl groups is 3. The van der Waals surface area contributed by atoms with Crippen LogP contribution in [-0.4, -0.2) is 44.4 Å². The van der Waals surface area contributed by atoms with Crippen molar-refractivity contribution in [3.05, 3.63) is 95.2 Å². The van der Waals surface area contributed by atoms with Gasteiger partial charge in [-0.05, 0) is 46.8 Å². The average molecular weight is 425 g/mol. The van der Waals surface area contributed by atoms with Crippen LogP contribution in [0.25, 0.3) is 22.0 Å². The summed E-state index contributed by atoms with van der Waals surface area (Å²) in [5.41, 5.74) is 5.81. The summed E-state index contributed by atoms with van der Waals surface area (Å²) in [5, 5.41) is 30.5. The maximum absolute atomic E-state index is 9.97. The Morgan fingerprint density at radius 3 is 2.53 bits per heavy atom. The van der Waals surface area contributed by atoms with Crippen LogP contribution in [0.2, 0.25) is 0 Å².